The number of hydrogen-bond donors (Lipinski definition) is 2. The lowest BCUT2D eigenvalue weighted by molar-refractivity contribution is -0.120. The standard InChI is InChI=1S/C19H17ClN2O4S/c1-2-26-19(25)12-5-3-4-6-13(12)21-17(23)10-16-18(24)22-14-9-11(20)7-8-15(14)27-16/h3-9,16H,2,10H2,1H3,(H,21,23)(H,22,24). The lowest BCUT2D eigenvalue weighted by atomic mass is 10.1. The Kier molecular flexibility index (Phi) is 6.03. The van der Waals surface area contributed by atoms with Gasteiger partial charge in [0, 0.05) is 16.3 Å². The van der Waals surface area contributed by atoms with E-state index < -0.39 is 11.2 Å². The van der Waals surface area contributed by atoms with Crippen LogP contribution in [-0.4, -0.2) is 29.6 Å². The first kappa shape index (κ1) is 19.3. The molecule has 6 nitrogen and oxygen atoms in total. The molecule has 1 aliphatic heterocycles. The zero-order valence-corrected chi connectivity index (χ0v) is 16.0. The van der Waals surface area contributed by atoms with E-state index in [0.29, 0.717) is 16.4 Å². The molecule has 2 N–H and O–H groups in total. The number of thioether (sulfide) groups is 1. The zero-order chi connectivity index (χ0) is 19.4. The van der Waals surface area contributed by atoms with Crippen LogP contribution in [0.1, 0.15) is 23.7 Å². The summed E-state index contributed by atoms with van der Waals surface area (Å²) in [6.07, 6.45) is -0.0320. The van der Waals surface area contributed by atoms with E-state index in [2.05, 4.69) is 10.6 Å². The van der Waals surface area contributed by atoms with E-state index in [-0.39, 0.29) is 30.4 Å². The predicted octanol–water partition coefficient (Wildman–Crippen LogP) is 3.96. The Balaban J connectivity index is 1.69. The fourth-order valence-corrected chi connectivity index (χ4v) is 3.87. The highest BCUT2D eigenvalue weighted by Crippen LogP contribution is 2.38. The first-order valence-corrected chi connectivity index (χ1v) is 9.56. The third-order valence-corrected chi connectivity index (χ3v) is 5.34. The van der Waals surface area contributed by atoms with Gasteiger partial charge >= 0.3 is 5.97 Å². The number of anilines is 2. The molecular formula is C19H17ClN2O4S. The largest absolute Gasteiger partial charge is 0.462 e. The summed E-state index contributed by atoms with van der Waals surface area (Å²) in [5, 5.41) is 5.42. The molecule has 1 aliphatic rings. The van der Waals surface area contributed by atoms with Crippen molar-refractivity contribution in [1.82, 2.24) is 0 Å². The maximum Gasteiger partial charge on any atom is 0.340 e. The summed E-state index contributed by atoms with van der Waals surface area (Å²) in [5.41, 5.74) is 1.27. The molecule has 2 aromatic carbocycles. The van der Waals surface area contributed by atoms with Gasteiger partial charge in [0.1, 0.15) is 0 Å². The van der Waals surface area contributed by atoms with Crippen LogP contribution in [-0.2, 0) is 14.3 Å². The second-order valence-electron chi connectivity index (χ2n) is 5.75. The molecule has 8 heteroatoms. The predicted molar refractivity (Wildman–Crippen MR) is 105 cm³/mol. The number of para-hydroxylation sites is 1. The molecule has 27 heavy (non-hydrogen) atoms. The van der Waals surface area contributed by atoms with Gasteiger partial charge in [-0.25, -0.2) is 4.79 Å². The van der Waals surface area contributed by atoms with Gasteiger partial charge in [-0.05, 0) is 37.3 Å². The maximum absolute atomic E-state index is 12.4. The fraction of sp³-hybridized carbons (Fsp3) is 0.211. The van der Waals surface area contributed by atoms with Crippen LogP contribution >= 0.6 is 23.4 Å². The molecule has 1 atom stereocenters. The molecular weight excluding hydrogens is 388 g/mol. The topological polar surface area (TPSA) is 84.5 Å². The highest BCUT2D eigenvalue weighted by atomic mass is 35.5. The normalized spacial score (nSPS) is 15.5. The summed E-state index contributed by atoms with van der Waals surface area (Å²) in [7, 11) is 0. The minimum absolute atomic E-state index is 0.0320. The van der Waals surface area contributed by atoms with Crippen LogP contribution in [0.4, 0.5) is 11.4 Å². The van der Waals surface area contributed by atoms with Crippen LogP contribution in [0.5, 0.6) is 0 Å². The van der Waals surface area contributed by atoms with Crippen LogP contribution in [0.15, 0.2) is 47.4 Å². The van der Waals surface area contributed by atoms with Crippen LogP contribution in [0.2, 0.25) is 5.02 Å². The van der Waals surface area contributed by atoms with E-state index in [1.165, 1.54) is 11.8 Å². The molecule has 3 rings (SSSR count). The van der Waals surface area contributed by atoms with Crippen LogP contribution in [0.3, 0.4) is 0 Å². The van der Waals surface area contributed by atoms with E-state index in [9.17, 15) is 14.4 Å². The highest BCUT2D eigenvalue weighted by Gasteiger charge is 2.29. The SMILES string of the molecule is CCOC(=O)c1ccccc1NC(=O)CC1Sc2ccc(Cl)cc2NC1=O. The van der Waals surface area contributed by atoms with Crippen molar-refractivity contribution in [1.29, 1.82) is 0 Å². The number of rotatable bonds is 5. The molecule has 2 amide bonds. The van der Waals surface area contributed by atoms with Crippen molar-refractivity contribution >= 4 is 52.5 Å². The number of halogens is 1. The van der Waals surface area contributed by atoms with Gasteiger partial charge in [-0.1, -0.05) is 23.7 Å². The van der Waals surface area contributed by atoms with Gasteiger partial charge < -0.3 is 15.4 Å². The summed E-state index contributed by atoms with van der Waals surface area (Å²) < 4.78 is 5.00. The van der Waals surface area contributed by atoms with Crippen molar-refractivity contribution in [3.8, 4) is 0 Å². The molecule has 2 aromatic rings. The molecule has 140 valence electrons. The van der Waals surface area contributed by atoms with Gasteiger partial charge in [-0.3, -0.25) is 9.59 Å². The lowest BCUT2D eigenvalue weighted by Crippen LogP contribution is -2.32. The molecule has 0 saturated carbocycles. The van der Waals surface area contributed by atoms with E-state index in [1.54, 1.807) is 43.3 Å². The average molecular weight is 405 g/mol. The molecule has 0 bridgehead atoms. The molecule has 0 aliphatic carbocycles. The number of fused-ring (bicyclic) bond motifs is 1. The lowest BCUT2D eigenvalue weighted by Gasteiger charge is -2.24. The van der Waals surface area contributed by atoms with E-state index in [4.69, 9.17) is 16.3 Å². The Morgan fingerprint density at radius 2 is 2.04 bits per heavy atom. The second kappa shape index (κ2) is 8.45. The quantitative estimate of drug-likeness (QED) is 0.737. The summed E-state index contributed by atoms with van der Waals surface area (Å²) in [6, 6.07) is 11.8. The van der Waals surface area contributed by atoms with Crippen molar-refractivity contribution < 1.29 is 19.1 Å². The van der Waals surface area contributed by atoms with Crippen molar-refractivity contribution in [2.24, 2.45) is 0 Å². The number of ether oxygens (including phenoxy) is 1. The number of hydrogen-bond acceptors (Lipinski definition) is 5. The van der Waals surface area contributed by atoms with Crippen LogP contribution in [0, 0.1) is 0 Å². The molecule has 0 fully saturated rings. The molecule has 0 radical (unpaired) electrons. The third-order valence-electron chi connectivity index (χ3n) is 3.83. The number of carbonyl (C=O) groups excluding carboxylic acids is 3. The number of carbonyl (C=O) groups is 3. The van der Waals surface area contributed by atoms with E-state index in [0.717, 1.165) is 4.90 Å². The first-order valence-electron chi connectivity index (χ1n) is 8.31. The van der Waals surface area contributed by atoms with Gasteiger partial charge in [-0.15, -0.1) is 11.8 Å². The van der Waals surface area contributed by atoms with Gasteiger partial charge in [-0.2, -0.15) is 0 Å². The van der Waals surface area contributed by atoms with Crippen LogP contribution < -0.4 is 10.6 Å². The maximum atomic E-state index is 12.4. The molecule has 0 spiro atoms. The van der Waals surface area contributed by atoms with Crippen molar-refractivity contribution in [2.75, 3.05) is 17.2 Å². The van der Waals surface area contributed by atoms with Gasteiger partial charge in [0.15, 0.2) is 0 Å². The second-order valence-corrected chi connectivity index (χ2v) is 7.44. The molecule has 1 heterocycles. The highest BCUT2D eigenvalue weighted by molar-refractivity contribution is 8.01. The Morgan fingerprint density at radius 3 is 2.81 bits per heavy atom. The van der Waals surface area contributed by atoms with Crippen molar-refractivity contribution in [3.63, 3.8) is 0 Å². The Hall–Kier alpha value is -2.51. The summed E-state index contributed by atoms with van der Waals surface area (Å²) in [6.45, 7) is 1.95. The average Bonchev–Trinajstić information content (AvgIpc) is 2.63. The van der Waals surface area contributed by atoms with E-state index in [1.807, 2.05) is 6.07 Å². The van der Waals surface area contributed by atoms with Gasteiger partial charge in [0.25, 0.3) is 0 Å². The molecule has 0 saturated heterocycles. The molecule has 1 unspecified atom stereocenters. The van der Waals surface area contributed by atoms with Crippen LogP contribution in [0.25, 0.3) is 0 Å². The minimum atomic E-state index is -0.576. The van der Waals surface area contributed by atoms with Crippen molar-refractivity contribution in [2.45, 2.75) is 23.5 Å². The number of benzene rings is 2. The third kappa shape index (κ3) is 4.61. The summed E-state index contributed by atoms with van der Waals surface area (Å²) in [4.78, 5) is 37.6. The first-order chi connectivity index (χ1) is 13.0. The number of esters is 1. The fourth-order valence-electron chi connectivity index (χ4n) is 2.61. The Labute approximate surface area is 165 Å². The van der Waals surface area contributed by atoms with Gasteiger partial charge in [0.05, 0.1) is 28.8 Å². The van der Waals surface area contributed by atoms with Crippen molar-refractivity contribution in [3.05, 3.63) is 53.1 Å². The number of nitrogens with one attached hydrogen (secondary N) is 2. The summed E-state index contributed by atoms with van der Waals surface area (Å²) >= 11 is 7.24. The monoisotopic (exact) mass is 404 g/mol. The zero-order valence-electron chi connectivity index (χ0n) is 14.5. The molecule has 0 aromatic heterocycles. The minimum Gasteiger partial charge on any atom is -0.462 e. The van der Waals surface area contributed by atoms with E-state index >= 15 is 0 Å². The Morgan fingerprint density at radius 1 is 1.26 bits per heavy atom. The number of amides is 2. The summed E-state index contributed by atoms with van der Waals surface area (Å²) in [5.74, 6) is -1.13. The van der Waals surface area contributed by atoms with Gasteiger partial charge in [0.2, 0.25) is 11.8 Å². The smallest absolute Gasteiger partial charge is 0.340 e. The Bertz CT molecular complexity index is 903.